The van der Waals surface area contributed by atoms with Crippen LogP contribution >= 0.6 is 0 Å². The number of β-lactam (4-membered cyclic amide) rings is 1. The van der Waals surface area contributed by atoms with Crippen molar-refractivity contribution < 1.29 is 14.0 Å². The van der Waals surface area contributed by atoms with Crippen LogP contribution in [0.15, 0.2) is 61.4 Å². The number of carbonyl (C=O) groups is 2. The van der Waals surface area contributed by atoms with Crippen LogP contribution in [0.5, 0.6) is 0 Å². The predicted octanol–water partition coefficient (Wildman–Crippen LogP) is 2.61. The van der Waals surface area contributed by atoms with E-state index in [2.05, 4.69) is 15.1 Å². The first-order valence-corrected chi connectivity index (χ1v) is 10.2. The number of hydrogen-bond donors (Lipinski definition) is 0. The van der Waals surface area contributed by atoms with Gasteiger partial charge < -0.3 is 9.80 Å². The normalized spacial score (nSPS) is 21.8. The summed E-state index contributed by atoms with van der Waals surface area (Å²) in [5, 5.41) is 3.90. The van der Waals surface area contributed by atoms with E-state index in [4.69, 9.17) is 0 Å². The van der Waals surface area contributed by atoms with Crippen LogP contribution in [0, 0.1) is 5.82 Å². The summed E-state index contributed by atoms with van der Waals surface area (Å²) < 4.78 is 14.7. The fraction of sp³-hybridized carbons (Fsp3) is 0.318. The van der Waals surface area contributed by atoms with Gasteiger partial charge in [0.1, 0.15) is 18.5 Å². The van der Waals surface area contributed by atoms with Gasteiger partial charge in [-0.25, -0.2) is 14.2 Å². The van der Waals surface area contributed by atoms with Crippen LogP contribution in [-0.2, 0) is 4.79 Å². The molecule has 0 aliphatic carbocycles. The van der Waals surface area contributed by atoms with E-state index in [1.54, 1.807) is 29.4 Å². The minimum absolute atomic E-state index is 0.00951. The van der Waals surface area contributed by atoms with Gasteiger partial charge in [0.05, 0.1) is 12.0 Å². The summed E-state index contributed by atoms with van der Waals surface area (Å²) in [4.78, 5) is 37.4. The molecule has 0 saturated carbocycles. The molecule has 2 atom stereocenters. The second kappa shape index (κ2) is 7.90. The molecule has 9 heteroatoms. The first kappa shape index (κ1) is 19.3. The van der Waals surface area contributed by atoms with E-state index >= 15 is 0 Å². The second-order valence-electron chi connectivity index (χ2n) is 7.85. The third kappa shape index (κ3) is 3.45. The summed E-state index contributed by atoms with van der Waals surface area (Å²) in [6, 6.07) is 9.68. The summed E-state index contributed by atoms with van der Waals surface area (Å²) in [6.07, 6.45) is 7.45. The summed E-state index contributed by atoms with van der Waals surface area (Å²) in [5.41, 5.74) is 1.76. The molecule has 8 nitrogen and oxygen atoms in total. The molecule has 158 valence electrons. The molecular weight excluding hydrogens is 399 g/mol. The van der Waals surface area contributed by atoms with E-state index < -0.39 is 0 Å². The van der Waals surface area contributed by atoms with Gasteiger partial charge in [-0.05, 0) is 42.2 Å². The Balaban J connectivity index is 1.36. The Bertz CT molecular complexity index is 1070. The molecule has 0 unspecified atom stereocenters. The predicted molar refractivity (Wildman–Crippen MR) is 108 cm³/mol. The van der Waals surface area contributed by atoms with Gasteiger partial charge in [0.25, 0.3) is 0 Å². The van der Waals surface area contributed by atoms with Gasteiger partial charge in [-0.2, -0.15) is 9.78 Å². The molecule has 1 aromatic carbocycles. The zero-order chi connectivity index (χ0) is 21.4. The molecular formula is C22H21FN6O2. The van der Waals surface area contributed by atoms with E-state index in [0.29, 0.717) is 25.9 Å². The third-order valence-corrected chi connectivity index (χ3v) is 6.13. The number of aromatic nitrogens is 4. The highest BCUT2D eigenvalue weighted by Crippen LogP contribution is 2.48. The van der Waals surface area contributed by atoms with Crippen molar-refractivity contribution >= 4 is 11.9 Å². The highest BCUT2D eigenvalue weighted by atomic mass is 19.1. The Labute approximate surface area is 178 Å². The monoisotopic (exact) mass is 420 g/mol. The third-order valence-electron chi connectivity index (χ3n) is 6.13. The second-order valence-corrected chi connectivity index (χ2v) is 7.85. The van der Waals surface area contributed by atoms with E-state index in [-0.39, 0.29) is 35.8 Å². The van der Waals surface area contributed by atoms with Crippen molar-refractivity contribution in [2.45, 2.75) is 30.8 Å². The molecule has 2 aliphatic rings. The maximum absolute atomic E-state index is 13.5. The topological polar surface area (TPSA) is 84.2 Å². The average Bonchev–Trinajstić information content (AvgIpc) is 3.34. The molecule has 0 bridgehead atoms. The highest BCUT2D eigenvalue weighted by molar-refractivity contribution is 5.92. The van der Waals surface area contributed by atoms with E-state index in [9.17, 15) is 14.0 Å². The number of benzene rings is 1. The van der Waals surface area contributed by atoms with Gasteiger partial charge in [0.15, 0.2) is 0 Å². The summed E-state index contributed by atoms with van der Waals surface area (Å²) in [6.45, 7) is 1.06. The Morgan fingerprint density at radius 1 is 1.03 bits per heavy atom. The lowest BCUT2D eigenvalue weighted by molar-refractivity contribution is -0.156. The van der Waals surface area contributed by atoms with Gasteiger partial charge in [0, 0.05) is 31.5 Å². The zero-order valence-corrected chi connectivity index (χ0v) is 16.7. The summed E-state index contributed by atoms with van der Waals surface area (Å²) >= 11 is 0. The molecule has 31 heavy (non-hydrogen) atoms. The van der Waals surface area contributed by atoms with Crippen molar-refractivity contribution in [2.75, 3.05) is 13.1 Å². The quantitative estimate of drug-likeness (QED) is 0.608. The number of piperidine rings is 1. The minimum atomic E-state index is -0.339. The van der Waals surface area contributed by atoms with Gasteiger partial charge >= 0.3 is 6.03 Å². The maximum atomic E-state index is 13.5. The number of amides is 2. The number of halogens is 1. The van der Waals surface area contributed by atoms with Crippen LogP contribution in [-0.4, -0.2) is 60.6 Å². The molecule has 0 N–H and O–H groups in total. The lowest BCUT2D eigenvalue weighted by atomic mass is 9.76. The Morgan fingerprint density at radius 2 is 1.81 bits per heavy atom. The van der Waals surface area contributed by atoms with Gasteiger partial charge in [-0.15, -0.1) is 0 Å². The molecule has 0 spiro atoms. The fourth-order valence-electron chi connectivity index (χ4n) is 4.60. The van der Waals surface area contributed by atoms with Crippen molar-refractivity contribution in [1.29, 1.82) is 0 Å². The fourth-order valence-corrected chi connectivity index (χ4v) is 4.60. The van der Waals surface area contributed by atoms with Crippen LogP contribution in [0.3, 0.4) is 0 Å². The standard InChI is InChI=1S/C22H21FN6O2/c23-17-5-3-15(4-6-17)20-19(16-2-1-9-24-12-16)21(30)29(20)18-7-10-27(11-8-18)22(31)28-14-25-13-26-28/h1-6,9,12-14,18-20H,7-8,10-11H2/t19-,20-/m1/s1. The van der Waals surface area contributed by atoms with Crippen LogP contribution < -0.4 is 0 Å². The number of rotatable bonds is 3. The van der Waals surface area contributed by atoms with Crippen LogP contribution in [0.4, 0.5) is 9.18 Å². The largest absolute Gasteiger partial charge is 0.346 e. The van der Waals surface area contributed by atoms with Crippen molar-refractivity contribution in [3.8, 4) is 0 Å². The van der Waals surface area contributed by atoms with Crippen molar-refractivity contribution in [1.82, 2.24) is 29.5 Å². The lowest BCUT2D eigenvalue weighted by Gasteiger charge is -2.53. The van der Waals surface area contributed by atoms with E-state index in [0.717, 1.165) is 11.1 Å². The van der Waals surface area contributed by atoms with E-state index in [1.165, 1.54) is 29.5 Å². The first-order valence-electron chi connectivity index (χ1n) is 10.2. The van der Waals surface area contributed by atoms with Crippen LogP contribution in [0.2, 0.25) is 0 Å². The van der Waals surface area contributed by atoms with Gasteiger partial charge in [-0.1, -0.05) is 18.2 Å². The molecule has 2 fully saturated rings. The number of nitrogens with zero attached hydrogens (tertiary/aromatic N) is 6. The number of likely N-dealkylation sites (tertiary alicyclic amines) is 2. The van der Waals surface area contributed by atoms with Crippen LogP contribution in [0.25, 0.3) is 0 Å². The molecule has 2 amide bonds. The number of carbonyl (C=O) groups excluding carboxylic acids is 2. The molecule has 2 aliphatic heterocycles. The molecule has 5 rings (SSSR count). The molecule has 4 heterocycles. The lowest BCUT2D eigenvalue weighted by Crippen LogP contribution is -2.60. The molecule has 3 aromatic rings. The first-order chi connectivity index (χ1) is 15.1. The van der Waals surface area contributed by atoms with Crippen molar-refractivity contribution in [3.05, 3.63) is 78.4 Å². The zero-order valence-electron chi connectivity index (χ0n) is 16.7. The Kier molecular flexibility index (Phi) is 4.93. The van der Waals surface area contributed by atoms with Crippen molar-refractivity contribution in [3.63, 3.8) is 0 Å². The van der Waals surface area contributed by atoms with Crippen molar-refractivity contribution in [2.24, 2.45) is 0 Å². The highest BCUT2D eigenvalue weighted by Gasteiger charge is 2.52. The number of hydrogen-bond acceptors (Lipinski definition) is 5. The van der Waals surface area contributed by atoms with Gasteiger partial charge in [0.2, 0.25) is 5.91 Å². The number of pyridine rings is 1. The minimum Gasteiger partial charge on any atom is -0.331 e. The van der Waals surface area contributed by atoms with E-state index in [1.807, 2.05) is 17.0 Å². The summed E-state index contributed by atoms with van der Waals surface area (Å²) in [5.74, 6) is -0.601. The van der Waals surface area contributed by atoms with Crippen LogP contribution in [0.1, 0.15) is 35.9 Å². The SMILES string of the molecule is O=C1[C@H](c2cccnc2)[C@@H](c2ccc(F)cc2)N1C1CCN(C(=O)n2cncn2)CC1. The maximum Gasteiger partial charge on any atom is 0.346 e. The van der Waals surface area contributed by atoms with Gasteiger partial charge in [-0.3, -0.25) is 9.78 Å². The Hall–Kier alpha value is -3.62. The Morgan fingerprint density at radius 3 is 2.45 bits per heavy atom. The summed E-state index contributed by atoms with van der Waals surface area (Å²) in [7, 11) is 0. The smallest absolute Gasteiger partial charge is 0.331 e. The molecule has 0 radical (unpaired) electrons. The molecule has 2 aromatic heterocycles. The molecule has 2 saturated heterocycles. The average molecular weight is 420 g/mol.